The number of hydrazine groups is 1. The van der Waals surface area contributed by atoms with E-state index in [2.05, 4.69) is 5.43 Å². The first kappa shape index (κ1) is 16.5. The summed E-state index contributed by atoms with van der Waals surface area (Å²) in [7, 11) is 1.82. The Morgan fingerprint density at radius 3 is 2.71 bits per heavy atom. The van der Waals surface area contributed by atoms with Crippen LogP contribution in [-0.4, -0.2) is 36.9 Å². The van der Waals surface area contributed by atoms with Gasteiger partial charge < -0.3 is 4.90 Å². The maximum atomic E-state index is 12.5. The number of amides is 2. The summed E-state index contributed by atoms with van der Waals surface area (Å²) in [6, 6.07) is 13.4. The summed E-state index contributed by atoms with van der Waals surface area (Å²) in [5.41, 5.74) is 3.84. The molecule has 126 valence electrons. The molecule has 2 amide bonds. The molecule has 0 aliphatic carbocycles. The van der Waals surface area contributed by atoms with E-state index >= 15 is 0 Å². The van der Waals surface area contributed by atoms with E-state index < -0.39 is 0 Å². The molecule has 0 radical (unpaired) electrons. The predicted octanol–water partition coefficient (Wildman–Crippen LogP) is 2.77. The number of nitrogens with one attached hydrogen (secondary N) is 1. The molecule has 24 heavy (non-hydrogen) atoms. The zero-order valence-corrected chi connectivity index (χ0v) is 14.5. The van der Waals surface area contributed by atoms with E-state index in [9.17, 15) is 9.59 Å². The summed E-state index contributed by atoms with van der Waals surface area (Å²) in [4.78, 5) is 27.5. The quantitative estimate of drug-likeness (QED) is 0.869. The van der Waals surface area contributed by atoms with Gasteiger partial charge in [0, 0.05) is 20.1 Å². The molecule has 1 N–H and O–H groups in total. The van der Waals surface area contributed by atoms with Crippen molar-refractivity contribution in [1.29, 1.82) is 0 Å². The second-order valence-corrected chi connectivity index (χ2v) is 6.89. The number of nitrogens with zero attached hydrogens (tertiary/aromatic N) is 2. The minimum atomic E-state index is -0.172. The Kier molecular flexibility index (Phi) is 5.15. The third kappa shape index (κ3) is 3.76. The first-order chi connectivity index (χ1) is 11.6. The standard InChI is InChI=1S/C18H21N3O2S/c1-20(15-8-3-2-4-9-15)19-17(22)14-7-5-11-21(13-14)18(23)16-10-6-12-24-16/h2-4,6,8-10,12,14H,5,7,11,13H2,1H3,(H,19,22)/t14-/m0/s1. The van der Waals surface area contributed by atoms with Crippen molar-refractivity contribution in [1.82, 2.24) is 10.3 Å². The highest BCUT2D eigenvalue weighted by Crippen LogP contribution is 2.21. The van der Waals surface area contributed by atoms with Crippen molar-refractivity contribution in [2.45, 2.75) is 12.8 Å². The van der Waals surface area contributed by atoms with E-state index in [1.165, 1.54) is 11.3 Å². The lowest BCUT2D eigenvalue weighted by Gasteiger charge is -2.33. The largest absolute Gasteiger partial charge is 0.337 e. The Balaban J connectivity index is 1.60. The van der Waals surface area contributed by atoms with E-state index in [0.717, 1.165) is 30.0 Å². The first-order valence-electron chi connectivity index (χ1n) is 8.07. The van der Waals surface area contributed by atoms with Gasteiger partial charge in [-0.1, -0.05) is 24.3 Å². The van der Waals surface area contributed by atoms with Crippen LogP contribution < -0.4 is 10.4 Å². The molecule has 1 fully saturated rings. The third-order valence-corrected chi connectivity index (χ3v) is 5.09. The highest BCUT2D eigenvalue weighted by molar-refractivity contribution is 7.12. The van der Waals surface area contributed by atoms with E-state index in [-0.39, 0.29) is 17.7 Å². The Morgan fingerprint density at radius 1 is 1.21 bits per heavy atom. The number of anilines is 1. The molecule has 1 aliphatic rings. The average Bonchev–Trinajstić information content (AvgIpc) is 3.16. The van der Waals surface area contributed by atoms with Crippen LogP contribution in [0.25, 0.3) is 0 Å². The van der Waals surface area contributed by atoms with Crippen molar-refractivity contribution < 1.29 is 9.59 Å². The molecule has 1 aliphatic heterocycles. The lowest BCUT2D eigenvalue weighted by atomic mass is 9.97. The number of hydrogen-bond acceptors (Lipinski definition) is 4. The molecule has 1 saturated heterocycles. The maximum Gasteiger partial charge on any atom is 0.263 e. The smallest absolute Gasteiger partial charge is 0.263 e. The van der Waals surface area contributed by atoms with Gasteiger partial charge in [-0.15, -0.1) is 11.3 Å². The average molecular weight is 343 g/mol. The number of hydrogen-bond donors (Lipinski definition) is 1. The fourth-order valence-corrected chi connectivity index (χ4v) is 3.60. The number of thiophene rings is 1. The monoisotopic (exact) mass is 343 g/mol. The summed E-state index contributed by atoms with van der Waals surface area (Å²) in [6.45, 7) is 1.19. The molecule has 6 heteroatoms. The second kappa shape index (κ2) is 7.49. The number of benzene rings is 1. The number of carbonyl (C=O) groups excluding carboxylic acids is 2. The van der Waals surface area contributed by atoms with Crippen LogP contribution in [-0.2, 0) is 4.79 Å². The lowest BCUT2D eigenvalue weighted by Crippen LogP contribution is -2.49. The maximum absolute atomic E-state index is 12.5. The van der Waals surface area contributed by atoms with Crippen molar-refractivity contribution in [2.75, 3.05) is 25.1 Å². The fraction of sp³-hybridized carbons (Fsp3) is 0.333. The van der Waals surface area contributed by atoms with Gasteiger partial charge in [-0.2, -0.15) is 0 Å². The van der Waals surface area contributed by atoms with Crippen LogP contribution in [0.4, 0.5) is 5.69 Å². The van der Waals surface area contributed by atoms with E-state index in [1.807, 2.05) is 54.9 Å². The molecule has 0 saturated carbocycles. The van der Waals surface area contributed by atoms with Crippen molar-refractivity contribution in [3.63, 3.8) is 0 Å². The first-order valence-corrected chi connectivity index (χ1v) is 8.95. The van der Waals surface area contributed by atoms with Crippen molar-refractivity contribution in [3.05, 3.63) is 52.7 Å². The molecule has 2 heterocycles. The van der Waals surface area contributed by atoms with Gasteiger partial charge in [0.05, 0.1) is 16.5 Å². The molecular weight excluding hydrogens is 322 g/mol. The van der Waals surface area contributed by atoms with E-state index in [1.54, 1.807) is 9.91 Å². The summed E-state index contributed by atoms with van der Waals surface area (Å²) in [5.74, 6) is -0.183. The molecule has 3 rings (SSSR count). The van der Waals surface area contributed by atoms with Gasteiger partial charge in [-0.05, 0) is 36.4 Å². The lowest BCUT2D eigenvalue weighted by molar-refractivity contribution is -0.126. The highest BCUT2D eigenvalue weighted by Gasteiger charge is 2.29. The minimum absolute atomic E-state index is 0.0268. The van der Waals surface area contributed by atoms with Crippen molar-refractivity contribution >= 4 is 28.8 Å². The van der Waals surface area contributed by atoms with Gasteiger partial charge in [-0.3, -0.25) is 20.0 Å². The number of likely N-dealkylation sites (tertiary alicyclic amines) is 1. The van der Waals surface area contributed by atoms with Crippen LogP contribution in [0.5, 0.6) is 0 Å². The summed E-state index contributed by atoms with van der Waals surface area (Å²) >= 11 is 1.44. The Bertz CT molecular complexity index is 688. The third-order valence-electron chi connectivity index (χ3n) is 4.23. The Morgan fingerprint density at radius 2 is 2.00 bits per heavy atom. The predicted molar refractivity (Wildman–Crippen MR) is 95.9 cm³/mol. The normalized spacial score (nSPS) is 17.4. The number of para-hydroxylation sites is 1. The van der Waals surface area contributed by atoms with Gasteiger partial charge in [-0.25, -0.2) is 0 Å². The van der Waals surface area contributed by atoms with E-state index in [0.29, 0.717) is 6.54 Å². The number of piperidine rings is 1. The van der Waals surface area contributed by atoms with Gasteiger partial charge in [0.1, 0.15) is 0 Å². The molecule has 1 aromatic carbocycles. The molecular formula is C18H21N3O2S. The van der Waals surface area contributed by atoms with Gasteiger partial charge >= 0.3 is 0 Å². The fourth-order valence-electron chi connectivity index (χ4n) is 2.90. The Labute approximate surface area is 145 Å². The van der Waals surface area contributed by atoms with Gasteiger partial charge in [0.15, 0.2) is 0 Å². The van der Waals surface area contributed by atoms with Gasteiger partial charge in [0.2, 0.25) is 5.91 Å². The molecule has 2 aromatic rings. The van der Waals surface area contributed by atoms with E-state index in [4.69, 9.17) is 0 Å². The topological polar surface area (TPSA) is 52.7 Å². The second-order valence-electron chi connectivity index (χ2n) is 5.94. The zero-order chi connectivity index (χ0) is 16.9. The van der Waals surface area contributed by atoms with Gasteiger partial charge in [0.25, 0.3) is 5.91 Å². The van der Waals surface area contributed by atoms with Crippen LogP contribution in [0.2, 0.25) is 0 Å². The Hall–Kier alpha value is -2.34. The van der Waals surface area contributed by atoms with Crippen LogP contribution in [0.15, 0.2) is 47.8 Å². The summed E-state index contributed by atoms with van der Waals surface area (Å²) in [5, 5.41) is 3.62. The molecule has 5 nitrogen and oxygen atoms in total. The number of carbonyl (C=O) groups is 2. The van der Waals surface area contributed by atoms with Crippen molar-refractivity contribution in [3.8, 4) is 0 Å². The zero-order valence-electron chi connectivity index (χ0n) is 13.6. The minimum Gasteiger partial charge on any atom is -0.337 e. The highest BCUT2D eigenvalue weighted by atomic mass is 32.1. The van der Waals surface area contributed by atoms with Crippen LogP contribution in [0.3, 0.4) is 0 Å². The molecule has 1 atom stereocenters. The van der Waals surface area contributed by atoms with Crippen molar-refractivity contribution in [2.24, 2.45) is 5.92 Å². The molecule has 1 aromatic heterocycles. The molecule has 0 unspecified atom stereocenters. The number of rotatable bonds is 4. The van der Waals surface area contributed by atoms with Crippen LogP contribution >= 0.6 is 11.3 Å². The van der Waals surface area contributed by atoms with Crippen LogP contribution in [0.1, 0.15) is 22.5 Å². The molecule has 0 bridgehead atoms. The summed E-state index contributed by atoms with van der Waals surface area (Å²) in [6.07, 6.45) is 1.66. The SMILES string of the molecule is CN(NC(=O)[C@H]1CCCN(C(=O)c2cccs2)C1)c1ccccc1. The van der Waals surface area contributed by atoms with Crippen LogP contribution in [0, 0.1) is 5.92 Å². The summed E-state index contributed by atoms with van der Waals surface area (Å²) < 4.78 is 0. The molecule has 0 spiro atoms.